The van der Waals surface area contributed by atoms with Gasteiger partial charge in [0.1, 0.15) is 11.5 Å². The highest BCUT2D eigenvalue weighted by molar-refractivity contribution is 6.15. The SMILES string of the molecule is Fc1ccccc1C1(Nc2ncc(C3=NN=C(C(F)F)C3)cn2)CC1. The Kier molecular flexibility index (Phi) is 3.74. The zero-order valence-electron chi connectivity index (χ0n) is 13.1. The van der Waals surface area contributed by atoms with Gasteiger partial charge in [0.2, 0.25) is 5.95 Å². The van der Waals surface area contributed by atoms with E-state index in [9.17, 15) is 13.2 Å². The molecule has 5 nitrogen and oxygen atoms in total. The molecule has 1 aliphatic heterocycles. The van der Waals surface area contributed by atoms with Gasteiger partial charge in [0.05, 0.1) is 11.3 Å². The van der Waals surface area contributed by atoms with Gasteiger partial charge in [-0.15, -0.1) is 0 Å². The van der Waals surface area contributed by atoms with E-state index in [0.717, 1.165) is 12.8 Å². The maximum absolute atomic E-state index is 14.0. The number of benzene rings is 1. The summed E-state index contributed by atoms with van der Waals surface area (Å²) in [6.07, 6.45) is 1.98. The second kappa shape index (κ2) is 5.94. The van der Waals surface area contributed by atoms with E-state index in [1.54, 1.807) is 18.2 Å². The van der Waals surface area contributed by atoms with Gasteiger partial charge in [-0.05, 0) is 18.9 Å². The smallest absolute Gasteiger partial charge is 0.278 e. The lowest BCUT2D eigenvalue weighted by Gasteiger charge is -2.18. The minimum absolute atomic E-state index is 0.00698. The number of hydrogen-bond donors (Lipinski definition) is 1. The van der Waals surface area contributed by atoms with Crippen molar-refractivity contribution < 1.29 is 13.2 Å². The van der Waals surface area contributed by atoms with Crippen LogP contribution in [0.4, 0.5) is 19.1 Å². The summed E-state index contributed by atoms with van der Waals surface area (Å²) in [5.41, 5.74) is 0.813. The predicted molar refractivity (Wildman–Crippen MR) is 87.6 cm³/mol. The summed E-state index contributed by atoms with van der Waals surface area (Å²) in [4.78, 5) is 8.42. The Morgan fingerprint density at radius 2 is 1.76 bits per heavy atom. The van der Waals surface area contributed by atoms with Crippen LogP contribution in [0.5, 0.6) is 0 Å². The molecule has 1 aromatic carbocycles. The van der Waals surface area contributed by atoms with Crippen molar-refractivity contribution in [2.45, 2.75) is 31.2 Å². The first kappa shape index (κ1) is 15.7. The van der Waals surface area contributed by atoms with Crippen molar-refractivity contribution in [2.24, 2.45) is 10.2 Å². The fourth-order valence-electron chi connectivity index (χ4n) is 2.84. The first-order valence-corrected chi connectivity index (χ1v) is 7.84. The van der Waals surface area contributed by atoms with E-state index in [1.165, 1.54) is 18.5 Å². The Morgan fingerprint density at radius 1 is 1.04 bits per heavy atom. The van der Waals surface area contributed by atoms with Crippen molar-refractivity contribution in [3.05, 3.63) is 53.6 Å². The first-order valence-electron chi connectivity index (χ1n) is 7.84. The fourth-order valence-corrected chi connectivity index (χ4v) is 2.84. The standard InChI is InChI=1S/C17H14F3N5/c18-12-4-2-1-3-11(12)17(5-6-17)23-16-21-8-10(9-22-16)13-7-14(15(19)20)25-24-13/h1-4,8-9,15H,5-7H2,(H,21,22,23). The Labute approximate surface area is 141 Å². The van der Waals surface area contributed by atoms with Gasteiger partial charge in [-0.2, -0.15) is 10.2 Å². The maximum Gasteiger partial charge on any atom is 0.278 e. The molecule has 8 heteroatoms. The van der Waals surface area contributed by atoms with Crippen molar-refractivity contribution in [3.8, 4) is 0 Å². The number of halogens is 3. The van der Waals surface area contributed by atoms with Gasteiger partial charge in [-0.25, -0.2) is 23.1 Å². The molecule has 4 rings (SSSR count). The highest BCUT2D eigenvalue weighted by Gasteiger charge is 2.46. The van der Waals surface area contributed by atoms with E-state index < -0.39 is 12.0 Å². The van der Waals surface area contributed by atoms with Crippen LogP contribution in [0.2, 0.25) is 0 Å². The molecule has 1 aromatic heterocycles. The van der Waals surface area contributed by atoms with E-state index >= 15 is 0 Å². The number of nitrogens with one attached hydrogen (secondary N) is 1. The van der Waals surface area contributed by atoms with Crippen LogP contribution in [0.15, 0.2) is 46.9 Å². The molecule has 1 fully saturated rings. The minimum atomic E-state index is -2.61. The number of hydrogen-bond acceptors (Lipinski definition) is 5. The highest BCUT2D eigenvalue weighted by atomic mass is 19.3. The van der Waals surface area contributed by atoms with Gasteiger partial charge >= 0.3 is 0 Å². The molecule has 2 aromatic rings. The van der Waals surface area contributed by atoms with Crippen molar-refractivity contribution in [3.63, 3.8) is 0 Å². The average molecular weight is 345 g/mol. The lowest BCUT2D eigenvalue weighted by molar-refractivity contribution is 0.224. The molecule has 0 bridgehead atoms. The van der Waals surface area contributed by atoms with Crippen LogP contribution in [0.25, 0.3) is 0 Å². The average Bonchev–Trinajstić information content (AvgIpc) is 3.20. The largest absolute Gasteiger partial charge is 0.345 e. The van der Waals surface area contributed by atoms with E-state index in [0.29, 0.717) is 22.8 Å². The summed E-state index contributed by atoms with van der Waals surface area (Å²) in [5.74, 6) is 0.0965. The van der Waals surface area contributed by atoms with Gasteiger partial charge in [0.25, 0.3) is 6.43 Å². The summed E-state index contributed by atoms with van der Waals surface area (Å²) < 4.78 is 39.2. The molecule has 1 saturated carbocycles. The molecule has 1 N–H and O–H groups in total. The molecular formula is C17H14F3N5. The van der Waals surface area contributed by atoms with E-state index in [2.05, 4.69) is 25.5 Å². The third-order valence-electron chi connectivity index (χ3n) is 4.38. The zero-order chi connectivity index (χ0) is 17.4. The Bertz CT molecular complexity index is 857. The van der Waals surface area contributed by atoms with Crippen LogP contribution in [0.3, 0.4) is 0 Å². The summed E-state index contributed by atoms with van der Waals surface area (Å²) in [5, 5.41) is 10.4. The fraction of sp³-hybridized carbons (Fsp3) is 0.294. The Morgan fingerprint density at radius 3 is 2.36 bits per heavy atom. The second-order valence-electron chi connectivity index (χ2n) is 6.10. The number of rotatable bonds is 5. The quantitative estimate of drug-likeness (QED) is 0.902. The first-order chi connectivity index (χ1) is 12.1. The van der Waals surface area contributed by atoms with E-state index in [-0.39, 0.29) is 17.9 Å². The highest BCUT2D eigenvalue weighted by Crippen LogP contribution is 2.48. The van der Waals surface area contributed by atoms with Crippen LogP contribution in [-0.2, 0) is 5.54 Å². The van der Waals surface area contributed by atoms with Crippen molar-refractivity contribution in [1.82, 2.24) is 9.97 Å². The molecule has 2 heterocycles. The van der Waals surface area contributed by atoms with Crippen LogP contribution in [0.1, 0.15) is 30.4 Å². The Balaban J connectivity index is 1.48. The monoisotopic (exact) mass is 345 g/mol. The lowest BCUT2D eigenvalue weighted by atomic mass is 10.0. The van der Waals surface area contributed by atoms with Gasteiger partial charge < -0.3 is 5.32 Å². The number of nitrogens with zero attached hydrogens (tertiary/aromatic N) is 4. The maximum atomic E-state index is 14.0. The molecule has 0 radical (unpaired) electrons. The lowest BCUT2D eigenvalue weighted by Crippen LogP contribution is -2.22. The molecule has 0 spiro atoms. The van der Waals surface area contributed by atoms with Gasteiger partial charge in [-0.1, -0.05) is 18.2 Å². The molecule has 0 unspecified atom stereocenters. The molecule has 0 atom stereocenters. The Hall–Kier alpha value is -2.77. The topological polar surface area (TPSA) is 62.5 Å². The summed E-state index contributed by atoms with van der Waals surface area (Å²) in [6, 6.07) is 6.63. The van der Waals surface area contributed by atoms with Crippen LogP contribution >= 0.6 is 0 Å². The normalized spacial score (nSPS) is 18.1. The molecule has 1 aliphatic carbocycles. The van der Waals surface area contributed by atoms with Gasteiger partial charge in [0, 0.05) is 29.9 Å². The summed E-state index contributed by atoms with van der Waals surface area (Å²) in [7, 11) is 0. The molecule has 128 valence electrons. The van der Waals surface area contributed by atoms with Crippen molar-refractivity contribution in [1.29, 1.82) is 0 Å². The van der Waals surface area contributed by atoms with E-state index in [1.807, 2.05) is 0 Å². The van der Waals surface area contributed by atoms with E-state index in [4.69, 9.17) is 0 Å². The van der Waals surface area contributed by atoms with Crippen LogP contribution < -0.4 is 5.32 Å². The molecule has 0 amide bonds. The third kappa shape index (κ3) is 2.99. The molecule has 2 aliphatic rings. The summed E-state index contributed by atoms with van der Waals surface area (Å²) >= 11 is 0. The second-order valence-corrected chi connectivity index (χ2v) is 6.10. The zero-order valence-corrected chi connectivity index (χ0v) is 13.1. The number of anilines is 1. The van der Waals surface area contributed by atoms with Gasteiger partial charge in [-0.3, -0.25) is 0 Å². The summed E-state index contributed by atoms with van der Waals surface area (Å²) in [6.45, 7) is 0. The van der Waals surface area contributed by atoms with Crippen LogP contribution in [0, 0.1) is 5.82 Å². The molecular weight excluding hydrogens is 331 g/mol. The molecule has 0 saturated heterocycles. The van der Waals surface area contributed by atoms with Crippen LogP contribution in [-0.4, -0.2) is 27.8 Å². The number of aromatic nitrogens is 2. The molecule has 25 heavy (non-hydrogen) atoms. The predicted octanol–water partition coefficient (Wildman–Crippen LogP) is 3.53. The minimum Gasteiger partial charge on any atom is -0.345 e. The van der Waals surface area contributed by atoms with Crippen molar-refractivity contribution >= 4 is 17.4 Å². The number of alkyl halides is 2. The van der Waals surface area contributed by atoms with Crippen molar-refractivity contribution in [2.75, 3.05) is 5.32 Å². The third-order valence-corrected chi connectivity index (χ3v) is 4.38. The van der Waals surface area contributed by atoms with Gasteiger partial charge in [0.15, 0.2) is 0 Å².